The summed E-state index contributed by atoms with van der Waals surface area (Å²) < 4.78 is 2.05. The van der Waals surface area contributed by atoms with E-state index in [0.29, 0.717) is 5.92 Å². The van der Waals surface area contributed by atoms with Gasteiger partial charge in [-0.2, -0.15) is 5.10 Å². The molecule has 5 heteroatoms. The molecule has 1 aliphatic heterocycles. The van der Waals surface area contributed by atoms with Crippen LogP contribution in [-0.2, 0) is 13.0 Å². The van der Waals surface area contributed by atoms with E-state index in [1.54, 1.807) is 0 Å². The highest BCUT2D eigenvalue weighted by Crippen LogP contribution is 2.18. The van der Waals surface area contributed by atoms with Crippen LogP contribution in [0.1, 0.15) is 11.3 Å². The fourth-order valence-electron chi connectivity index (χ4n) is 3.16. The van der Waals surface area contributed by atoms with Gasteiger partial charge in [0.1, 0.15) is 5.82 Å². The molecule has 3 rings (SSSR count). The van der Waals surface area contributed by atoms with E-state index in [1.807, 2.05) is 13.0 Å². The molecule has 0 radical (unpaired) electrons. The first-order chi connectivity index (χ1) is 11.2. The van der Waals surface area contributed by atoms with Gasteiger partial charge in [0.05, 0.1) is 5.69 Å². The number of aryl methyl sites for hydroxylation is 1. The Balaban J connectivity index is 1.43. The van der Waals surface area contributed by atoms with Crippen LogP contribution in [0, 0.1) is 18.8 Å². The number of nitrogens with one attached hydrogen (secondary N) is 2. The number of aromatic nitrogens is 2. The third-order valence-corrected chi connectivity index (χ3v) is 4.40. The molecular formula is C18H26N4O. The van der Waals surface area contributed by atoms with Crippen LogP contribution in [0.25, 0.3) is 0 Å². The number of aliphatic hydroxyl groups excluding tert-OH is 1. The first-order valence-corrected chi connectivity index (χ1v) is 8.38. The molecule has 2 heterocycles. The number of anilines is 1. The Morgan fingerprint density at radius 3 is 3.00 bits per heavy atom. The molecule has 0 spiro atoms. The maximum atomic E-state index is 9.59. The summed E-state index contributed by atoms with van der Waals surface area (Å²) in [6, 6.07) is 12.5. The van der Waals surface area contributed by atoms with Gasteiger partial charge in [-0.05, 0) is 24.8 Å². The monoisotopic (exact) mass is 314 g/mol. The highest BCUT2D eigenvalue weighted by Gasteiger charge is 2.19. The number of nitrogens with zero attached hydrogens (tertiary/aromatic N) is 2. The minimum Gasteiger partial charge on any atom is -0.396 e. The molecule has 1 aromatic heterocycles. The van der Waals surface area contributed by atoms with Crippen molar-refractivity contribution in [1.29, 1.82) is 0 Å². The summed E-state index contributed by atoms with van der Waals surface area (Å²) in [6.45, 7) is 5.94. The second-order valence-corrected chi connectivity index (χ2v) is 6.50. The van der Waals surface area contributed by atoms with E-state index in [9.17, 15) is 5.11 Å². The lowest BCUT2D eigenvalue weighted by Gasteiger charge is -2.26. The fraction of sp³-hybridized carbons (Fsp3) is 0.500. The van der Waals surface area contributed by atoms with Crippen molar-refractivity contribution in [3.8, 4) is 0 Å². The first-order valence-electron chi connectivity index (χ1n) is 8.38. The lowest BCUT2D eigenvalue weighted by atomic mass is 9.99. The summed E-state index contributed by atoms with van der Waals surface area (Å²) in [5.74, 6) is 1.91. The molecule has 0 saturated carbocycles. The van der Waals surface area contributed by atoms with Crippen LogP contribution in [0.5, 0.6) is 0 Å². The number of hydrogen-bond donors (Lipinski definition) is 3. The average Bonchev–Trinajstić information content (AvgIpc) is 2.94. The van der Waals surface area contributed by atoms with Crippen LogP contribution < -0.4 is 10.6 Å². The highest BCUT2D eigenvalue weighted by molar-refractivity contribution is 5.38. The standard InChI is InChI=1S/C18H26N4O/c1-14-7-18-20-11-17(12-22(18)21-14)10-19-9-16(13-23)8-15-5-3-2-4-6-15/h2-7,16-17,19-20,23H,8-13H2,1H3/t16-,17+/m0/s1. The third kappa shape index (κ3) is 4.33. The summed E-state index contributed by atoms with van der Waals surface area (Å²) >= 11 is 0. The number of hydrogen-bond acceptors (Lipinski definition) is 4. The van der Waals surface area contributed by atoms with Gasteiger partial charge in [-0.1, -0.05) is 30.3 Å². The van der Waals surface area contributed by atoms with Gasteiger partial charge in [0.15, 0.2) is 0 Å². The second kappa shape index (κ2) is 7.62. The molecule has 2 atom stereocenters. The largest absolute Gasteiger partial charge is 0.396 e. The summed E-state index contributed by atoms with van der Waals surface area (Å²) in [6.07, 6.45) is 0.912. The molecular weight excluding hydrogens is 288 g/mol. The number of aliphatic hydroxyl groups is 1. The fourth-order valence-corrected chi connectivity index (χ4v) is 3.16. The van der Waals surface area contributed by atoms with E-state index in [0.717, 1.165) is 44.1 Å². The third-order valence-electron chi connectivity index (χ3n) is 4.40. The molecule has 23 heavy (non-hydrogen) atoms. The first kappa shape index (κ1) is 16.0. The van der Waals surface area contributed by atoms with E-state index in [1.165, 1.54) is 5.56 Å². The predicted molar refractivity (Wildman–Crippen MR) is 92.5 cm³/mol. The minimum atomic E-state index is 0.216. The van der Waals surface area contributed by atoms with Crippen LogP contribution >= 0.6 is 0 Å². The van der Waals surface area contributed by atoms with E-state index in [4.69, 9.17) is 0 Å². The normalized spacial score (nSPS) is 18.3. The van der Waals surface area contributed by atoms with Crippen molar-refractivity contribution in [2.75, 3.05) is 31.6 Å². The van der Waals surface area contributed by atoms with Crippen molar-refractivity contribution in [3.05, 3.63) is 47.7 Å². The Hall–Kier alpha value is -1.85. The number of rotatable bonds is 7. The zero-order chi connectivity index (χ0) is 16.1. The van der Waals surface area contributed by atoms with Gasteiger partial charge in [-0.3, -0.25) is 0 Å². The molecule has 0 amide bonds. The van der Waals surface area contributed by atoms with E-state index in [-0.39, 0.29) is 12.5 Å². The topological polar surface area (TPSA) is 62.1 Å². The van der Waals surface area contributed by atoms with Gasteiger partial charge in [-0.15, -0.1) is 0 Å². The average molecular weight is 314 g/mol. The van der Waals surface area contributed by atoms with Crippen LogP contribution in [0.2, 0.25) is 0 Å². The van der Waals surface area contributed by atoms with Gasteiger partial charge in [0.25, 0.3) is 0 Å². The van der Waals surface area contributed by atoms with Crippen LogP contribution in [0.15, 0.2) is 36.4 Å². The maximum absolute atomic E-state index is 9.59. The molecule has 2 aromatic rings. The number of benzene rings is 1. The SMILES string of the molecule is Cc1cc2n(n1)C[C@H](CNC[C@@H](CO)Cc1ccccc1)CN2. The van der Waals surface area contributed by atoms with Gasteiger partial charge in [0, 0.05) is 44.8 Å². The van der Waals surface area contributed by atoms with Crippen LogP contribution in [0.3, 0.4) is 0 Å². The molecule has 0 fully saturated rings. The Kier molecular flexibility index (Phi) is 5.31. The second-order valence-electron chi connectivity index (χ2n) is 6.50. The Labute approximate surface area is 137 Å². The quantitative estimate of drug-likeness (QED) is 0.727. The highest BCUT2D eigenvalue weighted by atomic mass is 16.3. The van der Waals surface area contributed by atoms with E-state index < -0.39 is 0 Å². The molecule has 0 bridgehead atoms. The molecule has 124 valence electrons. The molecule has 3 N–H and O–H groups in total. The zero-order valence-corrected chi connectivity index (χ0v) is 13.7. The summed E-state index contributed by atoms with van der Waals surface area (Å²) in [4.78, 5) is 0. The molecule has 0 aliphatic carbocycles. The molecule has 0 saturated heterocycles. The van der Waals surface area contributed by atoms with Crippen molar-refractivity contribution in [3.63, 3.8) is 0 Å². The van der Waals surface area contributed by atoms with Gasteiger partial charge in [-0.25, -0.2) is 4.68 Å². The molecule has 5 nitrogen and oxygen atoms in total. The van der Waals surface area contributed by atoms with Gasteiger partial charge in [0.2, 0.25) is 0 Å². The summed E-state index contributed by atoms with van der Waals surface area (Å²) in [7, 11) is 0. The van der Waals surface area contributed by atoms with Crippen LogP contribution in [-0.4, -0.2) is 41.1 Å². The van der Waals surface area contributed by atoms with Crippen molar-refractivity contribution >= 4 is 5.82 Å². The lowest BCUT2D eigenvalue weighted by molar-refractivity contribution is 0.219. The van der Waals surface area contributed by atoms with Crippen molar-refractivity contribution in [1.82, 2.24) is 15.1 Å². The molecule has 1 aliphatic rings. The Morgan fingerprint density at radius 1 is 1.39 bits per heavy atom. The Morgan fingerprint density at radius 2 is 2.22 bits per heavy atom. The lowest BCUT2D eigenvalue weighted by Crippen LogP contribution is -2.37. The Bertz CT molecular complexity index is 611. The smallest absolute Gasteiger partial charge is 0.124 e. The van der Waals surface area contributed by atoms with E-state index in [2.05, 4.69) is 50.7 Å². The zero-order valence-electron chi connectivity index (χ0n) is 13.7. The van der Waals surface area contributed by atoms with E-state index >= 15 is 0 Å². The summed E-state index contributed by atoms with van der Waals surface area (Å²) in [5.41, 5.74) is 2.34. The molecule has 1 aromatic carbocycles. The van der Waals surface area contributed by atoms with Crippen molar-refractivity contribution in [2.45, 2.75) is 19.9 Å². The number of fused-ring (bicyclic) bond motifs is 1. The van der Waals surface area contributed by atoms with Crippen LogP contribution in [0.4, 0.5) is 5.82 Å². The van der Waals surface area contributed by atoms with Crippen molar-refractivity contribution in [2.24, 2.45) is 11.8 Å². The maximum Gasteiger partial charge on any atom is 0.124 e. The predicted octanol–water partition coefficient (Wildman–Crippen LogP) is 1.67. The van der Waals surface area contributed by atoms with Crippen molar-refractivity contribution < 1.29 is 5.11 Å². The van der Waals surface area contributed by atoms with Gasteiger partial charge < -0.3 is 15.7 Å². The molecule has 0 unspecified atom stereocenters. The minimum absolute atomic E-state index is 0.216. The van der Waals surface area contributed by atoms with Gasteiger partial charge >= 0.3 is 0 Å². The summed E-state index contributed by atoms with van der Waals surface area (Å²) in [5, 5.41) is 21.1.